The van der Waals surface area contributed by atoms with Gasteiger partial charge in [0.25, 0.3) is 5.91 Å². The average molecular weight is 337 g/mol. The molecule has 0 unspecified atom stereocenters. The van der Waals surface area contributed by atoms with E-state index < -0.39 is 23.8 Å². The molecule has 0 aliphatic carbocycles. The number of rotatable bonds is 5. The molecule has 3 nitrogen and oxygen atoms in total. The Labute approximate surface area is 138 Å². The SMILES string of the molecule is CCc1ccccc1O[C@@H](C)C(=O)Nc1ccccc1C(F)(F)F. The number of anilines is 1. The smallest absolute Gasteiger partial charge is 0.418 e. The highest BCUT2D eigenvalue weighted by Crippen LogP contribution is 2.34. The largest absolute Gasteiger partial charge is 0.481 e. The van der Waals surface area contributed by atoms with Gasteiger partial charge in [0, 0.05) is 0 Å². The first kappa shape index (κ1) is 17.8. The van der Waals surface area contributed by atoms with Crippen LogP contribution in [0.15, 0.2) is 48.5 Å². The third-order valence-corrected chi connectivity index (χ3v) is 3.52. The molecule has 2 aromatic rings. The lowest BCUT2D eigenvalue weighted by Crippen LogP contribution is -2.31. The number of hydrogen-bond donors (Lipinski definition) is 1. The summed E-state index contributed by atoms with van der Waals surface area (Å²) in [6, 6.07) is 12.1. The first-order valence-corrected chi connectivity index (χ1v) is 7.54. The normalized spacial score (nSPS) is 12.5. The van der Waals surface area contributed by atoms with Crippen molar-refractivity contribution in [1.82, 2.24) is 0 Å². The Hall–Kier alpha value is -2.50. The van der Waals surface area contributed by atoms with Crippen LogP contribution in [0.5, 0.6) is 5.75 Å². The second kappa shape index (κ2) is 7.38. The Morgan fingerprint density at radius 2 is 1.75 bits per heavy atom. The Morgan fingerprint density at radius 3 is 2.42 bits per heavy atom. The van der Waals surface area contributed by atoms with Gasteiger partial charge in [0.2, 0.25) is 0 Å². The molecule has 0 aromatic heterocycles. The molecule has 0 radical (unpaired) electrons. The summed E-state index contributed by atoms with van der Waals surface area (Å²) >= 11 is 0. The Bertz CT molecular complexity index is 713. The van der Waals surface area contributed by atoms with Gasteiger partial charge in [-0.2, -0.15) is 13.2 Å². The summed E-state index contributed by atoms with van der Waals surface area (Å²) in [5.41, 5.74) is -0.249. The fourth-order valence-corrected chi connectivity index (χ4v) is 2.23. The van der Waals surface area contributed by atoms with Gasteiger partial charge in [-0.3, -0.25) is 4.79 Å². The fourth-order valence-electron chi connectivity index (χ4n) is 2.23. The van der Waals surface area contributed by atoms with Crippen LogP contribution in [0.2, 0.25) is 0 Å². The molecule has 0 fully saturated rings. The molecule has 6 heteroatoms. The molecule has 0 saturated carbocycles. The van der Waals surface area contributed by atoms with E-state index in [1.54, 1.807) is 12.1 Å². The highest BCUT2D eigenvalue weighted by Gasteiger charge is 2.34. The summed E-state index contributed by atoms with van der Waals surface area (Å²) in [6.07, 6.45) is -4.75. The second-order valence-electron chi connectivity index (χ2n) is 5.25. The number of amides is 1. The molecule has 0 aliphatic rings. The first-order chi connectivity index (χ1) is 11.3. The van der Waals surface area contributed by atoms with E-state index in [1.807, 2.05) is 19.1 Å². The van der Waals surface area contributed by atoms with Crippen LogP contribution < -0.4 is 10.1 Å². The number of halogens is 3. The monoisotopic (exact) mass is 337 g/mol. The molecule has 24 heavy (non-hydrogen) atoms. The van der Waals surface area contributed by atoms with Gasteiger partial charge in [0.15, 0.2) is 6.10 Å². The third-order valence-electron chi connectivity index (χ3n) is 3.52. The van der Waals surface area contributed by atoms with Crippen LogP contribution in [0, 0.1) is 0 Å². The van der Waals surface area contributed by atoms with E-state index in [0.717, 1.165) is 18.1 Å². The molecule has 128 valence electrons. The molecule has 1 amide bonds. The average Bonchev–Trinajstić information content (AvgIpc) is 2.54. The van der Waals surface area contributed by atoms with Gasteiger partial charge < -0.3 is 10.1 Å². The van der Waals surface area contributed by atoms with Crippen LogP contribution in [0.25, 0.3) is 0 Å². The lowest BCUT2D eigenvalue weighted by atomic mass is 10.1. The predicted octanol–water partition coefficient (Wildman–Crippen LogP) is 4.67. The fraction of sp³-hybridized carbons (Fsp3) is 0.278. The van der Waals surface area contributed by atoms with E-state index in [1.165, 1.54) is 25.1 Å². The number of ether oxygens (including phenoxy) is 1. The van der Waals surface area contributed by atoms with Gasteiger partial charge in [-0.25, -0.2) is 0 Å². The number of hydrogen-bond acceptors (Lipinski definition) is 2. The predicted molar refractivity (Wildman–Crippen MR) is 86.0 cm³/mol. The van der Waals surface area contributed by atoms with Crippen molar-refractivity contribution in [2.24, 2.45) is 0 Å². The quantitative estimate of drug-likeness (QED) is 0.861. The van der Waals surface area contributed by atoms with Crippen LogP contribution in [0.3, 0.4) is 0 Å². The van der Waals surface area contributed by atoms with E-state index >= 15 is 0 Å². The van der Waals surface area contributed by atoms with E-state index in [4.69, 9.17) is 4.74 Å². The van der Waals surface area contributed by atoms with E-state index in [0.29, 0.717) is 5.75 Å². The summed E-state index contributed by atoms with van der Waals surface area (Å²) in [5.74, 6) is -0.0932. The summed E-state index contributed by atoms with van der Waals surface area (Å²) in [7, 11) is 0. The topological polar surface area (TPSA) is 38.3 Å². The van der Waals surface area contributed by atoms with Gasteiger partial charge in [-0.1, -0.05) is 37.3 Å². The molecule has 0 saturated heterocycles. The van der Waals surface area contributed by atoms with E-state index in [2.05, 4.69) is 5.32 Å². The number of benzene rings is 2. The number of aryl methyl sites for hydroxylation is 1. The minimum absolute atomic E-state index is 0.283. The van der Waals surface area contributed by atoms with Crippen molar-refractivity contribution in [3.8, 4) is 5.75 Å². The van der Waals surface area contributed by atoms with Crippen molar-refractivity contribution in [2.75, 3.05) is 5.32 Å². The summed E-state index contributed by atoms with van der Waals surface area (Å²) in [4.78, 5) is 12.2. The standard InChI is InChI=1S/C18H18F3NO2/c1-3-13-8-4-7-11-16(13)24-12(2)17(23)22-15-10-6-5-9-14(15)18(19,20)21/h4-12H,3H2,1-2H3,(H,22,23)/t12-/m0/s1. The number of alkyl halides is 3. The molecular weight excluding hydrogens is 319 g/mol. The Balaban J connectivity index is 2.13. The second-order valence-corrected chi connectivity index (χ2v) is 5.25. The summed E-state index contributed by atoms with van der Waals surface area (Å²) in [5, 5.41) is 2.29. The van der Waals surface area contributed by atoms with E-state index in [-0.39, 0.29) is 5.69 Å². The van der Waals surface area contributed by atoms with Crippen LogP contribution >= 0.6 is 0 Å². The molecule has 2 rings (SSSR count). The zero-order valence-electron chi connectivity index (χ0n) is 13.4. The van der Waals surface area contributed by atoms with Gasteiger partial charge in [-0.05, 0) is 37.1 Å². The van der Waals surface area contributed by atoms with Crippen LogP contribution in [-0.2, 0) is 17.4 Å². The van der Waals surface area contributed by atoms with Gasteiger partial charge in [-0.15, -0.1) is 0 Å². The summed E-state index contributed by atoms with van der Waals surface area (Å²) < 4.78 is 44.5. The van der Waals surface area contributed by atoms with Crippen molar-refractivity contribution >= 4 is 11.6 Å². The van der Waals surface area contributed by atoms with Crippen LogP contribution in [-0.4, -0.2) is 12.0 Å². The maximum Gasteiger partial charge on any atom is 0.418 e. The third kappa shape index (κ3) is 4.28. The van der Waals surface area contributed by atoms with Gasteiger partial charge in [0.1, 0.15) is 5.75 Å². The molecule has 0 bridgehead atoms. The molecule has 1 N–H and O–H groups in total. The molecule has 0 aliphatic heterocycles. The van der Waals surface area contributed by atoms with Gasteiger partial charge in [0.05, 0.1) is 11.3 Å². The number of nitrogens with one attached hydrogen (secondary N) is 1. The highest BCUT2D eigenvalue weighted by molar-refractivity contribution is 5.94. The minimum atomic E-state index is -4.54. The molecule has 0 spiro atoms. The molecular formula is C18H18F3NO2. The Kier molecular flexibility index (Phi) is 5.49. The maximum atomic E-state index is 13.0. The highest BCUT2D eigenvalue weighted by atomic mass is 19.4. The lowest BCUT2D eigenvalue weighted by molar-refractivity contribution is -0.137. The minimum Gasteiger partial charge on any atom is -0.481 e. The van der Waals surface area contributed by atoms with Crippen LogP contribution in [0.4, 0.5) is 18.9 Å². The number of carbonyl (C=O) groups is 1. The zero-order chi connectivity index (χ0) is 17.7. The Morgan fingerprint density at radius 1 is 1.12 bits per heavy atom. The summed E-state index contributed by atoms with van der Waals surface area (Å²) in [6.45, 7) is 3.45. The van der Waals surface area contributed by atoms with Crippen molar-refractivity contribution < 1.29 is 22.7 Å². The van der Waals surface area contributed by atoms with Gasteiger partial charge >= 0.3 is 6.18 Å². The molecule has 2 aromatic carbocycles. The van der Waals surface area contributed by atoms with Crippen molar-refractivity contribution in [1.29, 1.82) is 0 Å². The first-order valence-electron chi connectivity index (χ1n) is 7.54. The number of para-hydroxylation sites is 2. The van der Waals surface area contributed by atoms with Crippen LogP contribution in [0.1, 0.15) is 25.0 Å². The van der Waals surface area contributed by atoms with E-state index in [9.17, 15) is 18.0 Å². The van der Waals surface area contributed by atoms with Crippen molar-refractivity contribution in [3.63, 3.8) is 0 Å². The maximum absolute atomic E-state index is 13.0. The van der Waals surface area contributed by atoms with Crippen molar-refractivity contribution in [3.05, 3.63) is 59.7 Å². The van der Waals surface area contributed by atoms with Crippen molar-refractivity contribution in [2.45, 2.75) is 32.5 Å². The molecule has 1 atom stereocenters. The molecule has 0 heterocycles. The number of carbonyl (C=O) groups excluding carboxylic acids is 1. The lowest BCUT2D eigenvalue weighted by Gasteiger charge is -2.18. The zero-order valence-corrected chi connectivity index (χ0v) is 13.4.